The standard InChI is InChI=1S/C21H26N2O5/c1-25-14-16(17-5-4-10-26-17)22-20(24)23-21(8-2-3-9-21)15-6-7-18-19(13-15)28-12-11-27-18/h4-7,10,13,16H,2-3,8-9,11-12,14H2,1H3,(H2,22,23,24). The fourth-order valence-electron chi connectivity index (χ4n) is 4.07. The molecule has 7 heteroatoms. The summed E-state index contributed by atoms with van der Waals surface area (Å²) in [5.41, 5.74) is 0.631. The molecule has 2 aliphatic rings. The molecule has 1 aromatic carbocycles. The molecule has 2 amide bonds. The van der Waals surface area contributed by atoms with Crippen molar-refractivity contribution in [1.29, 1.82) is 0 Å². The molecule has 2 heterocycles. The van der Waals surface area contributed by atoms with E-state index in [-0.39, 0.29) is 12.1 Å². The van der Waals surface area contributed by atoms with E-state index in [1.165, 1.54) is 0 Å². The van der Waals surface area contributed by atoms with Gasteiger partial charge in [-0.15, -0.1) is 0 Å². The van der Waals surface area contributed by atoms with Gasteiger partial charge in [0.15, 0.2) is 11.5 Å². The minimum atomic E-state index is -0.416. The second-order valence-corrected chi connectivity index (χ2v) is 7.27. The van der Waals surface area contributed by atoms with Gasteiger partial charge in [-0.1, -0.05) is 18.9 Å². The van der Waals surface area contributed by atoms with Crippen molar-refractivity contribution in [3.8, 4) is 11.5 Å². The number of furan rings is 1. The number of fused-ring (bicyclic) bond motifs is 1. The molecule has 2 aromatic rings. The molecule has 4 rings (SSSR count). The van der Waals surface area contributed by atoms with Crippen LogP contribution in [0, 0.1) is 0 Å². The Morgan fingerprint density at radius 3 is 2.68 bits per heavy atom. The molecule has 28 heavy (non-hydrogen) atoms. The maximum Gasteiger partial charge on any atom is 0.316 e. The first kappa shape index (κ1) is 18.7. The summed E-state index contributed by atoms with van der Waals surface area (Å²) in [6.07, 6.45) is 5.49. The van der Waals surface area contributed by atoms with E-state index in [1.54, 1.807) is 19.4 Å². The molecule has 0 spiro atoms. The second-order valence-electron chi connectivity index (χ2n) is 7.27. The van der Waals surface area contributed by atoms with Crippen molar-refractivity contribution in [2.24, 2.45) is 0 Å². The SMILES string of the molecule is COCC(NC(=O)NC1(c2ccc3c(c2)OCCO3)CCCC1)c1ccco1. The van der Waals surface area contributed by atoms with Gasteiger partial charge in [-0.05, 0) is 42.7 Å². The van der Waals surface area contributed by atoms with E-state index in [4.69, 9.17) is 18.6 Å². The summed E-state index contributed by atoms with van der Waals surface area (Å²) in [6, 6.07) is 8.99. The van der Waals surface area contributed by atoms with Crippen molar-refractivity contribution in [3.05, 3.63) is 47.9 Å². The first-order valence-corrected chi connectivity index (χ1v) is 9.71. The maximum atomic E-state index is 12.9. The number of nitrogens with one attached hydrogen (secondary N) is 2. The van der Waals surface area contributed by atoms with Crippen molar-refractivity contribution in [3.63, 3.8) is 0 Å². The summed E-state index contributed by atoms with van der Waals surface area (Å²) >= 11 is 0. The zero-order valence-electron chi connectivity index (χ0n) is 16.0. The van der Waals surface area contributed by atoms with Gasteiger partial charge in [-0.2, -0.15) is 0 Å². The predicted octanol–water partition coefficient (Wildman–Crippen LogP) is 3.51. The smallest absolute Gasteiger partial charge is 0.316 e. The Bertz CT molecular complexity index is 799. The molecule has 0 radical (unpaired) electrons. The number of methoxy groups -OCH3 is 1. The molecular weight excluding hydrogens is 360 g/mol. The third-order valence-electron chi connectivity index (χ3n) is 5.43. The first-order valence-electron chi connectivity index (χ1n) is 9.71. The zero-order valence-corrected chi connectivity index (χ0v) is 16.0. The highest BCUT2D eigenvalue weighted by molar-refractivity contribution is 5.75. The highest BCUT2D eigenvalue weighted by Gasteiger charge is 2.38. The summed E-state index contributed by atoms with van der Waals surface area (Å²) < 4.78 is 22.0. The van der Waals surface area contributed by atoms with Gasteiger partial charge in [0.05, 0.1) is 18.4 Å². The topological polar surface area (TPSA) is 82.0 Å². The average molecular weight is 386 g/mol. The highest BCUT2D eigenvalue weighted by atomic mass is 16.6. The van der Waals surface area contributed by atoms with E-state index >= 15 is 0 Å². The van der Waals surface area contributed by atoms with Gasteiger partial charge in [0.1, 0.15) is 25.0 Å². The van der Waals surface area contributed by atoms with Crippen LogP contribution in [0.25, 0.3) is 0 Å². The number of carbonyl (C=O) groups is 1. The van der Waals surface area contributed by atoms with Crippen LogP contribution >= 0.6 is 0 Å². The molecule has 1 aliphatic carbocycles. The van der Waals surface area contributed by atoms with Gasteiger partial charge in [0, 0.05) is 7.11 Å². The normalized spacial score (nSPS) is 18.5. The molecule has 0 saturated heterocycles. The number of rotatable bonds is 6. The molecule has 1 saturated carbocycles. The van der Waals surface area contributed by atoms with Gasteiger partial charge in [-0.25, -0.2) is 4.79 Å². The fraction of sp³-hybridized carbons (Fsp3) is 0.476. The number of amides is 2. The van der Waals surface area contributed by atoms with Gasteiger partial charge < -0.3 is 29.3 Å². The van der Waals surface area contributed by atoms with E-state index in [1.807, 2.05) is 24.3 Å². The minimum Gasteiger partial charge on any atom is -0.486 e. The van der Waals surface area contributed by atoms with Crippen LogP contribution in [0.2, 0.25) is 0 Å². The molecule has 1 aromatic heterocycles. The van der Waals surface area contributed by atoms with Crippen LogP contribution in [0.5, 0.6) is 11.5 Å². The number of carbonyl (C=O) groups excluding carboxylic acids is 1. The van der Waals surface area contributed by atoms with Crippen LogP contribution in [0.3, 0.4) is 0 Å². The lowest BCUT2D eigenvalue weighted by molar-refractivity contribution is 0.154. The third kappa shape index (κ3) is 3.80. The summed E-state index contributed by atoms with van der Waals surface area (Å²) in [6.45, 7) is 1.43. The quantitative estimate of drug-likeness (QED) is 0.794. The van der Waals surface area contributed by atoms with Crippen molar-refractivity contribution < 1.29 is 23.4 Å². The van der Waals surface area contributed by atoms with Crippen LogP contribution in [0.1, 0.15) is 43.0 Å². The molecule has 7 nitrogen and oxygen atoms in total. The first-order chi connectivity index (χ1) is 13.7. The summed E-state index contributed by atoms with van der Waals surface area (Å²) in [7, 11) is 1.60. The van der Waals surface area contributed by atoms with Crippen molar-refractivity contribution in [2.75, 3.05) is 26.9 Å². The zero-order chi connectivity index (χ0) is 19.4. The Morgan fingerprint density at radius 2 is 1.96 bits per heavy atom. The van der Waals surface area contributed by atoms with E-state index < -0.39 is 5.54 Å². The van der Waals surface area contributed by atoms with Crippen molar-refractivity contribution in [2.45, 2.75) is 37.3 Å². The molecule has 2 N–H and O–H groups in total. The Hall–Kier alpha value is -2.67. The van der Waals surface area contributed by atoms with E-state index in [0.717, 1.165) is 42.7 Å². The monoisotopic (exact) mass is 386 g/mol. The summed E-state index contributed by atoms with van der Waals surface area (Å²) in [4.78, 5) is 12.9. The molecule has 1 atom stereocenters. The lowest BCUT2D eigenvalue weighted by atomic mass is 9.88. The van der Waals surface area contributed by atoms with E-state index in [9.17, 15) is 4.79 Å². The maximum absolute atomic E-state index is 12.9. The second kappa shape index (κ2) is 8.14. The lowest BCUT2D eigenvalue weighted by Gasteiger charge is -2.33. The summed E-state index contributed by atoms with van der Waals surface area (Å²) in [5, 5.41) is 6.20. The van der Waals surface area contributed by atoms with Crippen LogP contribution in [-0.4, -0.2) is 33.0 Å². The van der Waals surface area contributed by atoms with Gasteiger partial charge >= 0.3 is 6.03 Å². The van der Waals surface area contributed by atoms with E-state index in [2.05, 4.69) is 10.6 Å². The van der Waals surface area contributed by atoms with Crippen LogP contribution in [0.15, 0.2) is 41.0 Å². The third-order valence-corrected chi connectivity index (χ3v) is 5.43. The molecule has 1 unspecified atom stereocenters. The fourth-order valence-corrected chi connectivity index (χ4v) is 4.07. The number of ether oxygens (including phenoxy) is 3. The van der Waals surface area contributed by atoms with Crippen LogP contribution in [0.4, 0.5) is 4.79 Å². The Morgan fingerprint density at radius 1 is 1.18 bits per heavy atom. The molecular formula is C21H26N2O5. The summed E-state index contributed by atoms with van der Waals surface area (Å²) in [5.74, 6) is 2.16. The van der Waals surface area contributed by atoms with Crippen LogP contribution in [-0.2, 0) is 10.3 Å². The number of urea groups is 1. The largest absolute Gasteiger partial charge is 0.486 e. The predicted molar refractivity (Wildman–Crippen MR) is 103 cm³/mol. The number of benzene rings is 1. The Balaban J connectivity index is 1.52. The highest BCUT2D eigenvalue weighted by Crippen LogP contribution is 2.42. The Labute approximate surface area is 164 Å². The van der Waals surface area contributed by atoms with Crippen molar-refractivity contribution in [1.82, 2.24) is 10.6 Å². The van der Waals surface area contributed by atoms with Crippen molar-refractivity contribution >= 4 is 6.03 Å². The molecule has 1 aliphatic heterocycles. The molecule has 1 fully saturated rings. The molecule has 0 bridgehead atoms. The van der Waals surface area contributed by atoms with E-state index in [0.29, 0.717) is 25.6 Å². The lowest BCUT2D eigenvalue weighted by Crippen LogP contribution is -2.49. The minimum absolute atomic E-state index is 0.241. The van der Waals surface area contributed by atoms with Gasteiger partial charge in [-0.3, -0.25) is 0 Å². The number of hydrogen-bond donors (Lipinski definition) is 2. The molecule has 150 valence electrons. The van der Waals surface area contributed by atoms with Gasteiger partial charge in [0.2, 0.25) is 0 Å². The number of hydrogen-bond acceptors (Lipinski definition) is 5. The average Bonchev–Trinajstić information content (AvgIpc) is 3.40. The van der Waals surface area contributed by atoms with Crippen LogP contribution < -0.4 is 20.1 Å². The Kier molecular flexibility index (Phi) is 5.43. The van der Waals surface area contributed by atoms with Gasteiger partial charge in [0.25, 0.3) is 0 Å².